The Bertz CT molecular complexity index is 1280. The number of aromatic nitrogens is 1. The van der Waals surface area contributed by atoms with Crippen LogP contribution in [-0.2, 0) is 10.5 Å². The first kappa shape index (κ1) is 20.4. The number of H-pyrrole nitrogens is 1. The van der Waals surface area contributed by atoms with Crippen LogP contribution in [0.25, 0.3) is 21.7 Å². The molecule has 4 rings (SSSR count). The largest absolute Gasteiger partial charge is 0.722 e. The molecule has 0 aliphatic heterocycles. The SMILES string of the molecule is Cc1c(C(=O)Oc2ccccc2)ccc2c[nH+]c3ccccc3c12.O=S(=O)([O-])F. The third-order valence-corrected chi connectivity index (χ3v) is 4.25. The third kappa shape index (κ3) is 5.13. The summed E-state index contributed by atoms with van der Waals surface area (Å²) < 4.78 is 40.8. The van der Waals surface area contributed by atoms with Crippen molar-refractivity contribution in [3.05, 3.63) is 84.1 Å². The summed E-state index contributed by atoms with van der Waals surface area (Å²) in [6.07, 6.45) is 1.97. The molecule has 0 amide bonds. The maximum absolute atomic E-state index is 12.6. The van der Waals surface area contributed by atoms with Crippen LogP contribution in [0.5, 0.6) is 5.75 Å². The van der Waals surface area contributed by atoms with E-state index in [1.165, 1.54) is 0 Å². The molecular formula is C21H16FNO5S. The number of pyridine rings is 1. The Morgan fingerprint density at radius 2 is 1.62 bits per heavy atom. The first-order chi connectivity index (χ1) is 13.7. The van der Waals surface area contributed by atoms with Crippen molar-refractivity contribution in [1.29, 1.82) is 0 Å². The van der Waals surface area contributed by atoms with Crippen molar-refractivity contribution in [1.82, 2.24) is 0 Å². The second-order valence-electron chi connectivity index (χ2n) is 6.13. The van der Waals surface area contributed by atoms with Gasteiger partial charge in [0.25, 0.3) is 10.5 Å². The van der Waals surface area contributed by atoms with E-state index in [2.05, 4.69) is 11.1 Å². The van der Waals surface area contributed by atoms with Crippen molar-refractivity contribution in [3.63, 3.8) is 0 Å². The predicted octanol–water partition coefficient (Wildman–Crippen LogP) is 3.75. The standard InChI is InChI=1S/C21H15NO2.FHO3S/c1-14-17(21(23)24-16-7-3-2-4-8-16)12-11-15-13-22-19-10-6-5-9-18(19)20(14)15;1-5(2,3)4/h2-13H,1H3;(H,2,3,4). The number of carbonyl (C=O) groups is 1. The minimum absolute atomic E-state index is 0.336. The molecule has 0 saturated carbocycles. The molecule has 0 spiro atoms. The van der Waals surface area contributed by atoms with Crippen LogP contribution in [0.3, 0.4) is 0 Å². The lowest BCUT2D eigenvalue weighted by Gasteiger charge is -2.10. The second kappa shape index (κ2) is 8.34. The number of fused-ring (bicyclic) bond motifs is 3. The number of aromatic amines is 1. The molecule has 1 heterocycles. The van der Waals surface area contributed by atoms with E-state index in [0.29, 0.717) is 11.3 Å². The zero-order valence-corrected chi connectivity index (χ0v) is 16.1. The van der Waals surface area contributed by atoms with Gasteiger partial charge in [-0.05, 0) is 42.8 Å². The monoisotopic (exact) mass is 413 g/mol. The van der Waals surface area contributed by atoms with Gasteiger partial charge in [-0.2, -0.15) is 0 Å². The van der Waals surface area contributed by atoms with Crippen molar-refractivity contribution >= 4 is 38.1 Å². The van der Waals surface area contributed by atoms with Crippen molar-refractivity contribution in [2.75, 3.05) is 0 Å². The summed E-state index contributed by atoms with van der Waals surface area (Å²) in [6.45, 7) is 1.97. The summed E-state index contributed by atoms with van der Waals surface area (Å²) in [4.78, 5) is 15.9. The smallest absolute Gasteiger partial charge is 0.343 e. The highest BCUT2D eigenvalue weighted by Crippen LogP contribution is 2.28. The van der Waals surface area contributed by atoms with Gasteiger partial charge in [0.1, 0.15) is 5.75 Å². The molecule has 0 atom stereocenters. The van der Waals surface area contributed by atoms with Crippen molar-refractivity contribution < 1.29 is 31.4 Å². The summed E-state index contributed by atoms with van der Waals surface area (Å²) in [5.41, 5.74) is 2.56. The number of benzene rings is 3. The van der Waals surface area contributed by atoms with Crippen LogP contribution in [0.4, 0.5) is 3.89 Å². The zero-order chi connectivity index (χ0) is 21.0. The summed E-state index contributed by atoms with van der Waals surface area (Å²) in [5, 5.41) is 3.25. The molecule has 3 aromatic carbocycles. The first-order valence-corrected chi connectivity index (χ1v) is 9.80. The average Bonchev–Trinajstić information content (AvgIpc) is 2.67. The van der Waals surface area contributed by atoms with Crippen molar-refractivity contribution in [2.45, 2.75) is 6.92 Å². The number of esters is 1. The van der Waals surface area contributed by atoms with E-state index in [4.69, 9.17) is 17.7 Å². The molecule has 8 heteroatoms. The number of hydrogen-bond acceptors (Lipinski definition) is 5. The normalized spacial score (nSPS) is 11.0. The Morgan fingerprint density at radius 1 is 1.00 bits per heavy atom. The molecule has 29 heavy (non-hydrogen) atoms. The third-order valence-electron chi connectivity index (χ3n) is 4.25. The van der Waals surface area contributed by atoms with E-state index in [-0.39, 0.29) is 5.97 Å². The number of carbonyl (C=O) groups excluding carboxylic acids is 1. The molecule has 0 fully saturated rings. The molecule has 6 nitrogen and oxygen atoms in total. The Morgan fingerprint density at radius 3 is 2.31 bits per heavy atom. The zero-order valence-electron chi connectivity index (χ0n) is 15.3. The average molecular weight is 413 g/mol. The fourth-order valence-electron chi connectivity index (χ4n) is 3.06. The van der Waals surface area contributed by atoms with E-state index in [1.54, 1.807) is 12.1 Å². The fraction of sp³-hybridized carbons (Fsp3) is 0.0476. The molecular weight excluding hydrogens is 397 g/mol. The van der Waals surface area contributed by atoms with E-state index >= 15 is 0 Å². The lowest BCUT2D eigenvalue weighted by atomic mass is 9.98. The van der Waals surface area contributed by atoms with Gasteiger partial charge in [0.05, 0.1) is 10.9 Å². The Balaban J connectivity index is 0.000000431. The van der Waals surface area contributed by atoms with Gasteiger partial charge in [0.15, 0.2) is 6.20 Å². The molecule has 0 saturated heterocycles. The predicted molar refractivity (Wildman–Crippen MR) is 105 cm³/mol. The number of halogens is 1. The highest BCUT2D eigenvalue weighted by atomic mass is 32.3. The number of ether oxygens (including phenoxy) is 1. The van der Waals surface area contributed by atoms with Crippen LogP contribution in [0.2, 0.25) is 0 Å². The van der Waals surface area contributed by atoms with Crippen LogP contribution >= 0.6 is 0 Å². The maximum atomic E-state index is 12.6. The van der Waals surface area contributed by atoms with E-state index in [1.807, 2.05) is 61.7 Å². The van der Waals surface area contributed by atoms with Crippen LogP contribution in [-0.4, -0.2) is 18.9 Å². The Labute approximate surface area is 166 Å². The lowest BCUT2D eigenvalue weighted by molar-refractivity contribution is -0.342. The summed E-state index contributed by atoms with van der Waals surface area (Å²) in [7, 11) is -5.42. The van der Waals surface area contributed by atoms with Gasteiger partial charge in [0.2, 0.25) is 5.52 Å². The quantitative estimate of drug-likeness (QED) is 0.164. The van der Waals surface area contributed by atoms with E-state index in [9.17, 15) is 8.68 Å². The van der Waals surface area contributed by atoms with Gasteiger partial charge in [0, 0.05) is 16.8 Å². The fourth-order valence-corrected chi connectivity index (χ4v) is 3.06. The van der Waals surface area contributed by atoms with Gasteiger partial charge >= 0.3 is 5.97 Å². The molecule has 148 valence electrons. The molecule has 0 bridgehead atoms. The van der Waals surface area contributed by atoms with Crippen LogP contribution in [0.15, 0.2) is 72.9 Å². The molecule has 1 aromatic heterocycles. The topological polar surface area (TPSA) is 97.6 Å². The summed E-state index contributed by atoms with van der Waals surface area (Å²) >= 11 is 0. The Kier molecular flexibility index (Phi) is 5.86. The number of nitrogens with one attached hydrogen (secondary N) is 1. The van der Waals surface area contributed by atoms with Crippen LogP contribution in [0.1, 0.15) is 15.9 Å². The summed E-state index contributed by atoms with van der Waals surface area (Å²) in [6, 6.07) is 21.0. The van der Waals surface area contributed by atoms with Gasteiger partial charge in [-0.3, -0.25) is 0 Å². The van der Waals surface area contributed by atoms with E-state index in [0.717, 1.165) is 27.2 Å². The van der Waals surface area contributed by atoms with Crippen molar-refractivity contribution in [3.8, 4) is 5.75 Å². The molecule has 4 aromatic rings. The molecule has 0 unspecified atom stereocenters. The maximum Gasteiger partial charge on any atom is 0.343 e. The first-order valence-electron chi connectivity index (χ1n) is 8.49. The minimum Gasteiger partial charge on any atom is -0.722 e. The minimum atomic E-state index is -5.42. The van der Waals surface area contributed by atoms with Gasteiger partial charge in [-0.1, -0.05) is 30.3 Å². The Hall–Kier alpha value is -3.36. The van der Waals surface area contributed by atoms with Crippen LogP contribution in [0, 0.1) is 6.92 Å². The van der Waals surface area contributed by atoms with Gasteiger partial charge < -0.3 is 9.29 Å². The van der Waals surface area contributed by atoms with Gasteiger partial charge in [-0.25, -0.2) is 18.2 Å². The number of hydrogen-bond donors (Lipinski definition) is 0. The molecule has 0 radical (unpaired) electrons. The van der Waals surface area contributed by atoms with E-state index < -0.39 is 10.5 Å². The lowest BCUT2D eigenvalue weighted by Crippen LogP contribution is -2.11. The highest BCUT2D eigenvalue weighted by molar-refractivity contribution is 7.80. The number of rotatable bonds is 2. The molecule has 0 aliphatic carbocycles. The molecule has 0 aliphatic rings. The van der Waals surface area contributed by atoms with Crippen molar-refractivity contribution in [2.24, 2.45) is 0 Å². The van der Waals surface area contributed by atoms with Gasteiger partial charge in [-0.15, -0.1) is 3.89 Å². The van der Waals surface area contributed by atoms with Crippen LogP contribution < -0.4 is 9.72 Å². The number of aryl methyl sites for hydroxylation is 1. The second-order valence-corrected chi connectivity index (χ2v) is 6.92. The molecule has 1 N–H and O–H groups in total. The number of para-hydroxylation sites is 2. The summed E-state index contributed by atoms with van der Waals surface area (Å²) in [5.74, 6) is 0.214. The highest BCUT2D eigenvalue weighted by Gasteiger charge is 2.17.